The summed E-state index contributed by atoms with van der Waals surface area (Å²) in [6, 6.07) is 19.5. The molecule has 0 saturated carbocycles. The predicted octanol–water partition coefficient (Wildman–Crippen LogP) is 4.25. The Morgan fingerprint density at radius 3 is 2.47 bits per heavy atom. The fourth-order valence-corrected chi connectivity index (χ4v) is 4.54. The number of aliphatic hydroxyl groups is 1. The number of carbonyl (C=O) groups excluding carboxylic acids is 2. The molecular formula is C25H26N2O3S2. The number of hydrogen-bond acceptors (Lipinski definition) is 5. The van der Waals surface area contributed by atoms with Gasteiger partial charge in [-0.05, 0) is 23.6 Å². The number of thiocarbonyl (C=S) groups is 1. The SMILES string of the molecule is O=C(CCCN1C(=O)/C(=C/C=C/c2ccccc2)SC1=S)N(CCO)Cc1ccccc1. The van der Waals surface area contributed by atoms with Crippen molar-refractivity contribution in [2.75, 3.05) is 19.7 Å². The molecule has 3 rings (SSSR count). The van der Waals surface area contributed by atoms with E-state index in [2.05, 4.69) is 0 Å². The van der Waals surface area contributed by atoms with Crippen molar-refractivity contribution in [2.24, 2.45) is 0 Å². The molecule has 2 amide bonds. The monoisotopic (exact) mass is 466 g/mol. The van der Waals surface area contributed by atoms with Gasteiger partial charge in [-0.15, -0.1) is 0 Å². The number of allylic oxidation sites excluding steroid dienone is 2. The average molecular weight is 467 g/mol. The molecule has 2 aromatic carbocycles. The minimum atomic E-state index is -0.123. The maximum Gasteiger partial charge on any atom is 0.266 e. The molecule has 1 N–H and O–H groups in total. The van der Waals surface area contributed by atoms with Crippen LogP contribution in [0.25, 0.3) is 6.08 Å². The second kappa shape index (κ2) is 12.3. The van der Waals surface area contributed by atoms with E-state index < -0.39 is 0 Å². The van der Waals surface area contributed by atoms with Crippen LogP contribution in [0.2, 0.25) is 0 Å². The van der Waals surface area contributed by atoms with Crippen molar-refractivity contribution >= 4 is 46.2 Å². The average Bonchev–Trinajstić information content (AvgIpc) is 3.07. The van der Waals surface area contributed by atoms with E-state index in [1.807, 2.05) is 72.8 Å². The second-order valence-electron chi connectivity index (χ2n) is 7.25. The first-order chi connectivity index (χ1) is 15.6. The van der Waals surface area contributed by atoms with Gasteiger partial charge in [0.25, 0.3) is 5.91 Å². The predicted molar refractivity (Wildman–Crippen MR) is 134 cm³/mol. The summed E-state index contributed by atoms with van der Waals surface area (Å²) in [6.07, 6.45) is 6.36. The minimum Gasteiger partial charge on any atom is -0.395 e. The summed E-state index contributed by atoms with van der Waals surface area (Å²) in [6.45, 7) is 1.05. The number of benzene rings is 2. The molecule has 0 bridgehead atoms. The molecule has 0 aromatic heterocycles. The molecule has 2 aromatic rings. The van der Waals surface area contributed by atoms with Crippen molar-refractivity contribution in [1.29, 1.82) is 0 Å². The van der Waals surface area contributed by atoms with Crippen molar-refractivity contribution in [1.82, 2.24) is 9.80 Å². The Kier molecular flexibility index (Phi) is 9.22. The molecule has 0 aliphatic carbocycles. The molecule has 32 heavy (non-hydrogen) atoms. The number of carbonyl (C=O) groups is 2. The molecule has 0 atom stereocenters. The smallest absolute Gasteiger partial charge is 0.266 e. The molecule has 0 unspecified atom stereocenters. The number of thioether (sulfide) groups is 1. The van der Waals surface area contributed by atoms with Crippen molar-refractivity contribution in [2.45, 2.75) is 19.4 Å². The number of hydrogen-bond donors (Lipinski definition) is 1. The van der Waals surface area contributed by atoms with Crippen LogP contribution in [0.5, 0.6) is 0 Å². The Labute approximate surface area is 198 Å². The summed E-state index contributed by atoms with van der Waals surface area (Å²) in [4.78, 5) is 29.2. The van der Waals surface area contributed by atoms with Crippen LogP contribution < -0.4 is 0 Å². The molecule has 1 aliphatic heterocycles. The zero-order valence-corrected chi connectivity index (χ0v) is 19.4. The molecule has 1 saturated heterocycles. The molecule has 1 aliphatic rings. The lowest BCUT2D eigenvalue weighted by Gasteiger charge is -2.22. The Morgan fingerprint density at radius 2 is 1.78 bits per heavy atom. The molecular weight excluding hydrogens is 440 g/mol. The second-order valence-corrected chi connectivity index (χ2v) is 8.93. The van der Waals surface area contributed by atoms with Gasteiger partial charge in [0.05, 0.1) is 11.5 Å². The van der Waals surface area contributed by atoms with Crippen LogP contribution in [-0.2, 0) is 16.1 Å². The van der Waals surface area contributed by atoms with Crippen LogP contribution >= 0.6 is 24.0 Å². The van der Waals surface area contributed by atoms with Crippen LogP contribution in [0.3, 0.4) is 0 Å². The van der Waals surface area contributed by atoms with E-state index in [-0.39, 0.29) is 31.4 Å². The first-order valence-electron chi connectivity index (χ1n) is 10.5. The van der Waals surface area contributed by atoms with E-state index in [9.17, 15) is 14.7 Å². The fourth-order valence-electron chi connectivity index (χ4n) is 3.28. The minimum absolute atomic E-state index is 0.0466. The Hall–Kier alpha value is -2.74. The first kappa shape index (κ1) is 23.9. The largest absolute Gasteiger partial charge is 0.395 e. The Morgan fingerprint density at radius 1 is 1.09 bits per heavy atom. The molecule has 7 heteroatoms. The molecule has 1 heterocycles. The number of nitrogens with zero attached hydrogens (tertiary/aromatic N) is 2. The third kappa shape index (κ3) is 6.88. The fraction of sp³-hybridized carbons (Fsp3) is 0.240. The van der Waals surface area contributed by atoms with Crippen LogP contribution in [-0.4, -0.2) is 50.7 Å². The van der Waals surface area contributed by atoms with Gasteiger partial charge in [0.2, 0.25) is 5.91 Å². The maximum atomic E-state index is 12.7. The molecule has 5 nitrogen and oxygen atoms in total. The molecule has 0 radical (unpaired) electrons. The van der Waals surface area contributed by atoms with Crippen LogP contribution in [0.15, 0.2) is 77.7 Å². The lowest BCUT2D eigenvalue weighted by Crippen LogP contribution is -2.34. The van der Waals surface area contributed by atoms with Crippen molar-refractivity contribution in [3.63, 3.8) is 0 Å². The highest BCUT2D eigenvalue weighted by atomic mass is 32.2. The lowest BCUT2D eigenvalue weighted by molar-refractivity contribution is -0.132. The maximum absolute atomic E-state index is 12.7. The van der Waals surface area contributed by atoms with Gasteiger partial charge in [0.1, 0.15) is 4.32 Å². The van der Waals surface area contributed by atoms with E-state index in [4.69, 9.17) is 12.2 Å². The summed E-state index contributed by atoms with van der Waals surface area (Å²) >= 11 is 6.65. The van der Waals surface area contributed by atoms with Gasteiger partial charge in [-0.25, -0.2) is 0 Å². The normalized spacial score (nSPS) is 15.2. The summed E-state index contributed by atoms with van der Waals surface area (Å²) in [5.41, 5.74) is 2.07. The van der Waals surface area contributed by atoms with E-state index in [1.165, 1.54) is 11.8 Å². The topological polar surface area (TPSA) is 60.9 Å². The zero-order chi connectivity index (χ0) is 22.8. The Balaban J connectivity index is 1.51. The summed E-state index contributed by atoms with van der Waals surface area (Å²) in [7, 11) is 0. The van der Waals surface area contributed by atoms with Gasteiger partial charge in [-0.1, -0.05) is 96.8 Å². The Bertz CT molecular complexity index is 991. The van der Waals surface area contributed by atoms with Crippen LogP contribution in [0.4, 0.5) is 0 Å². The lowest BCUT2D eigenvalue weighted by atomic mass is 10.2. The van der Waals surface area contributed by atoms with Gasteiger partial charge in [0.15, 0.2) is 0 Å². The molecule has 0 spiro atoms. The van der Waals surface area contributed by atoms with Crippen molar-refractivity contribution < 1.29 is 14.7 Å². The van der Waals surface area contributed by atoms with E-state index in [0.29, 0.717) is 28.7 Å². The van der Waals surface area contributed by atoms with Gasteiger partial charge < -0.3 is 10.0 Å². The van der Waals surface area contributed by atoms with Crippen LogP contribution in [0, 0.1) is 0 Å². The van der Waals surface area contributed by atoms with Gasteiger partial charge >= 0.3 is 0 Å². The quantitative estimate of drug-likeness (QED) is 0.419. The van der Waals surface area contributed by atoms with Crippen LogP contribution in [0.1, 0.15) is 24.0 Å². The zero-order valence-electron chi connectivity index (χ0n) is 17.7. The highest BCUT2D eigenvalue weighted by Gasteiger charge is 2.31. The van der Waals surface area contributed by atoms with Gasteiger partial charge in [-0.2, -0.15) is 0 Å². The summed E-state index contributed by atoms with van der Waals surface area (Å²) in [5, 5.41) is 9.33. The van der Waals surface area contributed by atoms with Crippen molar-refractivity contribution in [3.05, 3.63) is 88.8 Å². The number of aliphatic hydroxyl groups excluding tert-OH is 1. The highest BCUT2D eigenvalue weighted by molar-refractivity contribution is 8.26. The van der Waals surface area contributed by atoms with E-state index in [1.54, 1.807) is 15.9 Å². The number of amides is 2. The summed E-state index contributed by atoms with van der Waals surface area (Å²) in [5.74, 6) is -0.170. The van der Waals surface area contributed by atoms with E-state index >= 15 is 0 Å². The van der Waals surface area contributed by atoms with E-state index in [0.717, 1.165) is 11.1 Å². The molecule has 166 valence electrons. The summed E-state index contributed by atoms with van der Waals surface area (Å²) < 4.78 is 0.512. The third-order valence-electron chi connectivity index (χ3n) is 4.92. The molecule has 1 fully saturated rings. The standard InChI is InChI=1S/C25H26N2O3S2/c28-18-17-26(19-21-11-5-2-6-12-21)23(29)15-8-16-27-24(30)22(32-25(27)31)14-7-13-20-9-3-1-4-10-20/h1-7,9-14,28H,8,15-19H2/b13-7+,22-14-. The number of rotatable bonds is 10. The van der Waals surface area contributed by atoms with Gasteiger partial charge in [-0.3, -0.25) is 14.5 Å². The van der Waals surface area contributed by atoms with Gasteiger partial charge in [0, 0.05) is 26.1 Å². The van der Waals surface area contributed by atoms with Crippen molar-refractivity contribution in [3.8, 4) is 0 Å². The first-order valence-corrected chi connectivity index (χ1v) is 11.7. The highest BCUT2D eigenvalue weighted by Crippen LogP contribution is 2.31. The third-order valence-corrected chi connectivity index (χ3v) is 6.32.